The first kappa shape index (κ1) is 12.5. The zero-order valence-electron chi connectivity index (χ0n) is 9.50. The Morgan fingerprint density at radius 2 is 2.07 bits per heavy atom. The molecule has 1 unspecified atom stereocenters. The van der Waals surface area contributed by atoms with Gasteiger partial charge in [0.25, 0.3) is 0 Å². The molecule has 1 aromatic carbocycles. The first-order chi connectivity index (χ1) is 6.99. The molecular formula is C12H18ClNO. The summed E-state index contributed by atoms with van der Waals surface area (Å²) in [4.78, 5) is 2.08. The van der Waals surface area contributed by atoms with Gasteiger partial charge in [0.1, 0.15) is 0 Å². The average Bonchev–Trinajstić information content (AvgIpc) is 2.08. The quantitative estimate of drug-likeness (QED) is 0.854. The fourth-order valence-corrected chi connectivity index (χ4v) is 1.79. The highest BCUT2D eigenvalue weighted by Crippen LogP contribution is 2.19. The third-order valence-electron chi connectivity index (χ3n) is 2.14. The molecule has 0 spiro atoms. The Hall–Kier alpha value is -0.570. The molecule has 15 heavy (non-hydrogen) atoms. The van der Waals surface area contributed by atoms with Crippen LogP contribution in [0.4, 0.5) is 0 Å². The highest BCUT2D eigenvalue weighted by Gasteiger charge is 2.05. The van der Waals surface area contributed by atoms with Gasteiger partial charge < -0.3 is 10.0 Å². The summed E-state index contributed by atoms with van der Waals surface area (Å²) in [5.74, 6) is 0. The number of aliphatic hydroxyl groups is 1. The topological polar surface area (TPSA) is 23.5 Å². The van der Waals surface area contributed by atoms with E-state index in [1.165, 1.54) is 0 Å². The number of rotatable bonds is 4. The van der Waals surface area contributed by atoms with Crippen molar-refractivity contribution in [3.8, 4) is 0 Å². The zero-order chi connectivity index (χ0) is 11.4. The van der Waals surface area contributed by atoms with Gasteiger partial charge in [0, 0.05) is 11.6 Å². The Morgan fingerprint density at radius 1 is 1.40 bits per heavy atom. The van der Waals surface area contributed by atoms with Crippen LogP contribution in [0.15, 0.2) is 18.2 Å². The third kappa shape index (κ3) is 4.20. The highest BCUT2D eigenvalue weighted by atomic mass is 35.5. The molecule has 0 fully saturated rings. The molecule has 1 rings (SSSR count). The molecule has 84 valence electrons. The van der Waals surface area contributed by atoms with Crippen LogP contribution in [0.3, 0.4) is 0 Å². The van der Waals surface area contributed by atoms with Gasteiger partial charge in [-0.2, -0.15) is 0 Å². The molecule has 0 aliphatic carbocycles. The molecule has 2 nitrogen and oxygen atoms in total. The van der Waals surface area contributed by atoms with E-state index in [0.29, 0.717) is 6.42 Å². The highest BCUT2D eigenvalue weighted by molar-refractivity contribution is 6.31. The van der Waals surface area contributed by atoms with Crippen molar-refractivity contribution >= 4 is 11.6 Å². The van der Waals surface area contributed by atoms with Crippen LogP contribution in [0.5, 0.6) is 0 Å². The number of nitrogens with zero attached hydrogens (tertiary/aromatic N) is 1. The molecule has 0 aromatic heterocycles. The standard InChI is InChI=1S/C12H18ClNO/c1-9(15)6-10-4-5-11(8-14(2)3)12(13)7-10/h4-5,7,9,15H,6,8H2,1-3H3. The van der Waals surface area contributed by atoms with Crippen molar-refractivity contribution in [3.05, 3.63) is 34.3 Å². The van der Waals surface area contributed by atoms with E-state index >= 15 is 0 Å². The molecule has 1 atom stereocenters. The lowest BCUT2D eigenvalue weighted by Gasteiger charge is -2.12. The first-order valence-electron chi connectivity index (χ1n) is 5.09. The molecule has 0 radical (unpaired) electrons. The molecule has 0 saturated carbocycles. The van der Waals surface area contributed by atoms with Gasteiger partial charge in [-0.25, -0.2) is 0 Å². The molecule has 0 amide bonds. The smallest absolute Gasteiger partial charge is 0.0552 e. The monoisotopic (exact) mass is 227 g/mol. The fourth-order valence-electron chi connectivity index (χ4n) is 1.53. The van der Waals surface area contributed by atoms with Gasteiger partial charge >= 0.3 is 0 Å². The number of benzene rings is 1. The Labute approximate surface area is 96.5 Å². The average molecular weight is 228 g/mol. The Bertz CT molecular complexity index is 323. The maximum absolute atomic E-state index is 9.26. The van der Waals surface area contributed by atoms with Gasteiger partial charge in [0.05, 0.1) is 6.10 Å². The van der Waals surface area contributed by atoms with Crippen molar-refractivity contribution in [1.82, 2.24) is 4.90 Å². The van der Waals surface area contributed by atoms with Gasteiger partial charge in [0.15, 0.2) is 0 Å². The van der Waals surface area contributed by atoms with Crippen LogP contribution in [0.25, 0.3) is 0 Å². The van der Waals surface area contributed by atoms with Gasteiger partial charge in [-0.05, 0) is 44.6 Å². The summed E-state index contributed by atoms with van der Waals surface area (Å²) in [6.45, 7) is 2.62. The summed E-state index contributed by atoms with van der Waals surface area (Å²) in [5.41, 5.74) is 2.20. The van der Waals surface area contributed by atoms with Crippen LogP contribution >= 0.6 is 11.6 Å². The molecule has 0 aliphatic heterocycles. The fraction of sp³-hybridized carbons (Fsp3) is 0.500. The van der Waals surface area contributed by atoms with Gasteiger partial charge in [-0.15, -0.1) is 0 Å². The molecule has 0 bridgehead atoms. The zero-order valence-corrected chi connectivity index (χ0v) is 10.3. The van der Waals surface area contributed by atoms with Crippen LogP contribution in [-0.4, -0.2) is 30.2 Å². The molecule has 0 heterocycles. The molecule has 3 heteroatoms. The van der Waals surface area contributed by atoms with Crippen molar-refractivity contribution in [2.75, 3.05) is 14.1 Å². The normalized spacial score (nSPS) is 13.2. The molecule has 0 saturated heterocycles. The molecular weight excluding hydrogens is 210 g/mol. The molecule has 0 aliphatic rings. The van der Waals surface area contributed by atoms with Crippen LogP contribution < -0.4 is 0 Å². The maximum atomic E-state index is 9.26. The van der Waals surface area contributed by atoms with E-state index in [2.05, 4.69) is 4.90 Å². The van der Waals surface area contributed by atoms with E-state index in [4.69, 9.17) is 11.6 Å². The summed E-state index contributed by atoms with van der Waals surface area (Å²) < 4.78 is 0. The van der Waals surface area contributed by atoms with Crippen LogP contribution in [0, 0.1) is 0 Å². The van der Waals surface area contributed by atoms with E-state index in [1.54, 1.807) is 6.92 Å². The summed E-state index contributed by atoms with van der Waals surface area (Å²) in [6, 6.07) is 5.99. The van der Waals surface area contributed by atoms with E-state index in [9.17, 15) is 5.11 Å². The van der Waals surface area contributed by atoms with Crippen molar-refractivity contribution in [2.24, 2.45) is 0 Å². The molecule has 1 N–H and O–H groups in total. The second-order valence-corrected chi connectivity index (χ2v) is 4.62. The second kappa shape index (κ2) is 5.50. The van der Waals surface area contributed by atoms with Crippen LogP contribution in [0.2, 0.25) is 5.02 Å². The first-order valence-corrected chi connectivity index (χ1v) is 5.47. The van der Waals surface area contributed by atoms with E-state index in [1.807, 2.05) is 32.3 Å². The number of hydrogen-bond donors (Lipinski definition) is 1. The summed E-state index contributed by atoms with van der Waals surface area (Å²) in [6.07, 6.45) is 0.336. The van der Waals surface area contributed by atoms with Gasteiger partial charge in [-0.3, -0.25) is 0 Å². The second-order valence-electron chi connectivity index (χ2n) is 4.22. The van der Waals surface area contributed by atoms with E-state index in [0.717, 1.165) is 22.7 Å². The predicted octanol–water partition coefficient (Wildman–Crippen LogP) is 2.32. The van der Waals surface area contributed by atoms with Gasteiger partial charge in [0.2, 0.25) is 0 Å². The largest absolute Gasteiger partial charge is 0.393 e. The minimum absolute atomic E-state index is 0.319. The summed E-state index contributed by atoms with van der Waals surface area (Å²) >= 11 is 6.15. The SMILES string of the molecule is CC(O)Cc1ccc(CN(C)C)c(Cl)c1. The minimum atomic E-state index is -0.319. The third-order valence-corrected chi connectivity index (χ3v) is 2.49. The van der Waals surface area contributed by atoms with Crippen molar-refractivity contribution in [2.45, 2.75) is 26.0 Å². The lowest BCUT2D eigenvalue weighted by Crippen LogP contribution is -2.11. The summed E-state index contributed by atoms with van der Waals surface area (Å²) in [5, 5.41) is 10.0. The van der Waals surface area contributed by atoms with Crippen LogP contribution in [-0.2, 0) is 13.0 Å². The number of aliphatic hydroxyl groups excluding tert-OH is 1. The lowest BCUT2D eigenvalue weighted by atomic mass is 10.1. The minimum Gasteiger partial charge on any atom is -0.393 e. The van der Waals surface area contributed by atoms with Crippen molar-refractivity contribution in [3.63, 3.8) is 0 Å². The number of hydrogen-bond acceptors (Lipinski definition) is 2. The van der Waals surface area contributed by atoms with E-state index < -0.39 is 0 Å². The summed E-state index contributed by atoms with van der Waals surface area (Å²) in [7, 11) is 4.03. The lowest BCUT2D eigenvalue weighted by molar-refractivity contribution is 0.195. The Kier molecular flexibility index (Phi) is 4.58. The van der Waals surface area contributed by atoms with Crippen molar-refractivity contribution in [1.29, 1.82) is 0 Å². The Balaban J connectivity index is 2.78. The van der Waals surface area contributed by atoms with Crippen LogP contribution in [0.1, 0.15) is 18.1 Å². The maximum Gasteiger partial charge on any atom is 0.0552 e. The molecule has 1 aromatic rings. The predicted molar refractivity (Wildman–Crippen MR) is 64.2 cm³/mol. The number of halogens is 1. The van der Waals surface area contributed by atoms with Gasteiger partial charge in [-0.1, -0.05) is 23.7 Å². The van der Waals surface area contributed by atoms with Crippen molar-refractivity contribution < 1.29 is 5.11 Å². The Morgan fingerprint density at radius 3 is 2.53 bits per heavy atom. The van der Waals surface area contributed by atoms with E-state index in [-0.39, 0.29) is 6.10 Å².